The highest BCUT2D eigenvalue weighted by molar-refractivity contribution is 7.89. The lowest BCUT2D eigenvalue weighted by molar-refractivity contribution is -0.137. The number of carbonyl (C=O) groups is 2. The summed E-state index contributed by atoms with van der Waals surface area (Å²) in [4.78, 5) is 23.0. The zero-order valence-corrected chi connectivity index (χ0v) is 17.0. The molecule has 0 spiro atoms. The Labute approximate surface area is 164 Å². The third kappa shape index (κ3) is 7.08. The Morgan fingerprint density at radius 3 is 2.22 bits per heavy atom. The number of rotatable bonds is 8. The molecule has 1 rings (SSSR count). The molecule has 0 radical (unpaired) electrons. The highest BCUT2D eigenvalue weighted by Crippen LogP contribution is 2.18. The summed E-state index contributed by atoms with van der Waals surface area (Å²) in [5.74, 6) is -1.22. The van der Waals surface area contributed by atoms with E-state index >= 15 is 0 Å². The average Bonchev–Trinajstić information content (AvgIpc) is 2.61. The lowest BCUT2D eigenvalue weighted by atomic mass is 10.3. The molecule has 148 valence electrons. The van der Waals surface area contributed by atoms with Gasteiger partial charge in [0.15, 0.2) is 5.11 Å². The summed E-state index contributed by atoms with van der Waals surface area (Å²) < 4.78 is 30.9. The second-order valence-corrected chi connectivity index (χ2v) is 7.49. The summed E-state index contributed by atoms with van der Waals surface area (Å²) in [6.45, 7) is 6.18. The van der Waals surface area contributed by atoms with E-state index in [9.17, 15) is 18.0 Å². The van der Waals surface area contributed by atoms with Gasteiger partial charge in [-0.3, -0.25) is 10.1 Å². The SMILES string of the molecule is CCOC(=O)C=CC(=O)NC(=S)Nc1ccc(S(=O)(=O)N(CC)CC)cc1. The van der Waals surface area contributed by atoms with Gasteiger partial charge < -0.3 is 10.1 Å². The van der Waals surface area contributed by atoms with Crippen LogP contribution in [0.4, 0.5) is 5.69 Å². The molecule has 0 aliphatic carbocycles. The van der Waals surface area contributed by atoms with Crippen LogP contribution in [0.15, 0.2) is 41.3 Å². The fourth-order valence-corrected chi connectivity index (χ4v) is 3.75. The first-order valence-electron chi connectivity index (χ1n) is 8.31. The lowest BCUT2D eigenvalue weighted by Gasteiger charge is -2.18. The minimum absolute atomic E-state index is 0.00728. The molecule has 0 aliphatic rings. The van der Waals surface area contributed by atoms with Gasteiger partial charge in [-0.2, -0.15) is 4.31 Å². The third-order valence-corrected chi connectivity index (χ3v) is 5.62. The van der Waals surface area contributed by atoms with Crippen LogP contribution < -0.4 is 10.6 Å². The summed E-state index contributed by atoms with van der Waals surface area (Å²) in [5, 5.41) is 5.14. The van der Waals surface area contributed by atoms with Gasteiger partial charge in [0, 0.05) is 30.9 Å². The Morgan fingerprint density at radius 1 is 1.11 bits per heavy atom. The predicted molar refractivity (Wildman–Crippen MR) is 107 cm³/mol. The monoisotopic (exact) mass is 413 g/mol. The molecule has 8 nitrogen and oxygen atoms in total. The first-order chi connectivity index (χ1) is 12.7. The maximum absolute atomic E-state index is 12.4. The van der Waals surface area contributed by atoms with Crippen LogP contribution in [0, 0.1) is 0 Å². The minimum atomic E-state index is -3.54. The minimum Gasteiger partial charge on any atom is -0.463 e. The van der Waals surface area contributed by atoms with E-state index < -0.39 is 21.9 Å². The Bertz CT molecular complexity index is 800. The van der Waals surface area contributed by atoms with E-state index in [1.807, 2.05) is 0 Å². The van der Waals surface area contributed by atoms with Crippen molar-refractivity contribution in [2.75, 3.05) is 25.0 Å². The van der Waals surface area contributed by atoms with E-state index in [0.717, 1.165) is 12.2 Å². The second kappa shape index (κ2) is 10.8. The Morgan fingerprint density at radius 2 is 1.70 bits per heavy atom. The highest BCUT2D eigenvalue weighted by atomic mass is 32.2. The number of sulfonamides is 1. The Balaban J connectivity index is 2.69. The molecular formula is C17H23N3O5S2. The van der Waals surface area contributed by atoms with Crippen molar-refractivity contribution in [3.63, 3.8) is 0 Å². The maximum Gasteiger partial charge on any atom is 0.330 e. The fourth-order valence-electron chi connectivity index (χ4n) is 2.07. The van der Waals surface area contributed by atoms with Gasteiger partial charge in [0.25, 0.3) is 0 Å². The molecule has 0 atom stereocenters. The van der Waals surface area contributed by atoms with Crippen molar-refractivity contribution >= 4 is 44.9 Å². The summed E-state index contributed by atoms with van der Waals surface area (Å²) in [7, 11) is -3.54. The number of nitrogens with zero attached hydrogens (tertiary/aromatic N) is 1. The summed E-state index contributed by atoms with van der Waals surface area (Å²) in [6, 6.07) is 6.01. The van der Waals surface area contributed by atoms with E-state index in [1.54, 1.807) is 32.9 Å². The van der Waals surface area contributed by atoms with Crippen LogP contribution in [0.2, 0.25) is 0 Å². The van der Waals surface area contributed by atoms with Gasteiger partial charge in [0.05, 0.1) is 11.5 Å². The first-order valence-corrected chi connectivity index (χ1v) is 10.2. The van der Waals surface area contributed by atoms with E-state index in [-0.39, 0.29) is 16.6 Å². The molecule has 0 aliphatic heterocycles. The molecule has 1 aromatic carbocycles. The number of nitrogens with one attached hydrogen (secondary N) is 2. The van der Waals surface area contributed by atoms with E-state index in [0.29, 0.717) is 18.8 Å². The molecule has 10 heteroatoms. The topological polar surface area (TPSA) is 105 Å². The number of anilines is 1. The molecular weight excluding hydrogens is 390 g/mol. The summed E-state index contributed by atoms with van der Waals surface area (Å²) in [6.07, 6.45) is 2.00. The van der Waals surface area contributed by atoms with Crippen LogP contribution in [0.5, 0.6) is 0 Å². The van der Waals surface area contributed by atoms with Gasteiger partial charge in [-0.05, 0) is 43.4 Å². The number of carbonyl (C=O) groups excluding carboxylic acids is 2. The van der Waals surface area contributed by atoms with Crippen LogP contribution in [0.1, 0.15) is 20.8 Å². The molecule has 27 heavy (non-hydrogen) atoms. The molecule has 0 heterocycles. The second-order valence-electron chi connectivity index (χ2n) is 5.14. The molecule has 0 bridgehead atoms. The number of hydrogen-bond acceptors (Lipinski definition) is 6. The smallest absolute Gasteiger partial charge is 0.330 e. The van der Waals surface area contributed by atoms with Crippen LogP contribution in [-0.4, -0.2) is 49.4 Å². The van der Waals surface area contributed by atoms with Crippen molar-refractivity contribution in [3.8, 4) is 0 Å². The lowest BCUT2D eigenvalue weighted by Crippen LogP contribution is -2.33. The van der Waals surface area contributed by atoms with Crippen LogP contribution in [0.3, 0.4) is 0 Å². The van der Waals surface area contributed by atoms with Gasteiger partial charge >= 0.3 is 5.97 Å². The van der Waals surface area contributed by atoms with Crippen molar-refractivity contribution < 1.29 is 22.7 Å². The number of hydrogen-bond donors (Lipinski definition) is 2. The largest absolute Gasteiger partial charge is 0.463 e. The molecule has 0 unspecified atom stereocenters. The average molecular weight is 414 g/mol. The molecule has 1 aromatic rings. The number of ether oxygens (including phenoxy) is 1. The van der Waals surface area contributed by atoms with Gasteiger partial charge in [-0.25, -0.2) is 13.2 Å². The molecule has 2 N–H and O–H groups in total. The number of thiocarbonyl (C=S) groups is 1. The standard InChI is InChI=1S/C17H23N3O5S2/c1-4-20(5-2)27(23,24)14-9-7-13(8-10-14)18-17(26)19-15(21)11-12-16(22)25-6-3/h7-12H,4-6H2,1-3H3,(H2,18,19,21,26). The zero-order chi connectivity index (χ0) is 20.4. The van der Waals surface area contributed by atoms with Crippen LogP contribution in [-0.2, 0) is 24.3 Å². The van der Waals surface area contributed by atoms with E-state index in [2.05, 4.69) is 15.4 Å². The number of benzene rings is 1. The quantitative estimate of drug-likeness (QED) is 0.379. The van der Waals surface area contributed by atoms with Gasteiger partial charge in [0.1, 0.15) is 0 Å². The van der Waals surface area contributed by atoms with Crippen molar-refractivity contribution in [1.82, 2.24) is 9.62 Å². The molecule has 0 saturated heterocycles. The van der Waals surface area contributed by atoms with Crippen LogP contribution >= 0.6 is 12.2 Å². The number of amides is 1. The van der Waals surface area contributed by atoms with Crippen LogP contribution in [0.25, 0.3) is 0 Å². The summed E-state index contributed by atoms with van der Waals surface area (Å²) >= 11 is 5.01. The third-order valence-electron chi connectivity index (χ3n) is 3.35. The van der Waals surface area contributed by atoms with E-state index in [4.69, 9.17) is 12.2 Å². The van der Waals surface area contributed by atoms with E-state index in [1.165, 1.54) is 16.4 Å². The molecule has 1 amide bonds. The van der Waals surface area contributed by atoms with Gasteiger partial charge in [-0.15, -0.1) is 0 Å². The fraction of sp³-hybridized carbons (Fsp3) is 0.353. The van der Waals surface area contributed by atoms with Crippen molar-refractivity contribution in [2.45, 2.75) is 25.7 Å². The zero-order valence-electron chi connectivity index (χ0n) is 15.4. The van der Waals surface area contributed by atoms with Gasteiger partial charge in [0.2, 0.25) is 15.9 Å². The normalized spacial score (nSPS) is 11.4. The Kier molecular flexibility index (Phi) is 9.06. The number of esters is 1. The van der Waals surface area contributed by atoms with Crippen molar-refractivity contribution in [1.29, 1.82) is 0 Å². The van der Waals surface area contributed by atoms with Crippen molar-refractivity contribution in [2.24, 2.45) is 0 Å². The Hall–Kier alpha value is -2.30. The van der Waals surface area contributed by atoms with Gasteiger partial charge in [-0.1, -0.05) is 13.8 Å². The van der Waals surface area contributed by atoms with Crippen molar-refractivity contribution in [3.05, 3.63) is 36.4 Å². The predicted octanol–water partition coefficient (Wildman–Crippen LogP) is 1.65. The summed E-state index contributed by atoms with van der Waals surface area (Å²) in [5.41, 5.74) is 0.508. The molecule has 0 aromatic heterocycles. The molecule has 0 saturated carbocycles. The molecule has 0 fully saturated rings. The highest BCUT2D eigenvalue weighted by Gasteiger charge is 2.21. The maximum atomic E-state index is 12.4. The first kappa shape index (κ1) is 22.7.